The van der Waals surface area contributed by atoms with Crippen LogP contribution in [0.15, 0.2) is 46.7 Å². The number of aliphatic imine (C=N–C) groups is 1. The Kier molecular flexibility index (Phi) is 7.15. The Bertz CT molecular complexity index is 631. The second kappa shape index (κ2) is 8.61. The number of aliphatic carboxylic acids is 1. The van der Waals surface area contributed by atoms with E-state index in [0.29, 0.717) is 29.1 Å². The molecular weight excluding hydrogens is 325 g/mol. The van der Waals surface area contributed by atoms with Crippen LogP contribution >= 0.6 is 23.2 Å². The summed E-state index contributed by atoms with van der Waals surface area (Å²) in [6.07, 6.45) is 2.37. The number of rotatable bonds is 6. The van der Waals surface area contributed by atoms with Crippen molar-refractivity contribution in [1.82, 2.24) is 0 Å². The third-order valence-corrected chi connectivity index (χ3v) is 3.48. The van der Waals surface area contributed by atoms with Crippen LogP contribution in [0.4, 0.5) is 0 Å². The van der Waals surface area contributed by atoms with Crippen molar-refractivity contribution in [2.45, 2.75) is 19.8 Å². The van der Waals surface area contributed by atoms with Crippen LogP contribution in [-0.4, -0.2) is 28.9 Å². The minimum absolute atomic E-state index is 0.208. The summed E-state index contributed by atoms with van der Waals surface area (Å²) < 4.78 is 0. The van der Waals surface area contributed by atoms with Crippen molar-refractivity contribution in [3.8, 4) is 0 Å². The summed E-state index contributed by atoms with van der Waals surface area (Å²) in [7, 11) is 1.49. The SMILES string of the molecule is CCCC(=NC)C(C(=O)O)=C(O)C=C(Cl)c1ccc(Cl)cc1. The van der Waals surface area contributed by atoms with E-state index in [4.69, 9.17) is 23.2 Å². The van der Waals surface area contributed by atoms with E-state index in [1.165, 1.54) is 13.1 Å². The number of carboxylic acid groups (broad SMARTS) is 1. The van der Waals surface area contributed by atoms with Crippen LogP contribution in [0.3, 0.4) is 0 Å². The molecule has 0 saturated heterocycles. The number of hydrogen-bond donors (Lipinski definition) is 2. The largest absolute Gasteiger partial charge is 0.507 e. The summed E-state index contributed by atoms with van der Waals surface area (Å²) in [5.41, 5.74) is 0.702. The molecule has 0 atom stereocenters. The first kappa shape index (κ1) is 18.3. The number of hydrogen-bond acceptors (Lipinski definition) is 3. The summed E-state index contributed by atoms with van der Waals surface area (Å²) in [6, 6.07) is 6.66. The van der Waals surface area contributed by atoms with Gasteiger partial charge in [0, 0.05) is 18.1 Å². The van der Waals surface area contributed by atoms with E-state index in [9.17, 15) is 15.0 Å². The van der Waals surface area contributed by atoms with Gasteiger partial charge in [-0.1, -0.05) is 48.7 Å². The average Bonchev–Trinajstić information content (AvgIpc) is 2.46. The van der Waals surface area contributed by atoms with Gasteiger partial charge in [-0.05, 0) is 24.1 Å². The van der Waals surface area contributed by atoms with Crippen molar-refractivity contribution in [2.24, 2.45) is 4.99 Å². The van der Waals surface area contributed by atoms with Gasteiger partial charge in [0.15, 0.2) is 0 Å². The number of aliphatic hydroxyl groups is 1. The number of allylic oxidation sites excluding steroid dienone is 1. The molecule has 1 rings (SSSR count). The molecule has 0 aliphatic rings. The average molecular weight is 342 g/mol. The van der Waals surface area contributed by atoms with Crippen molar-refractivity contribution in [3.63, 3.8) is 0 Å². The van der Waals surface area contributed by atoms with Crippen LogP contribution < -0.4 is 0 Å². The standard InChI is InChI=1S/C16H17Cl2NO3/c1-3-4-13(19-2)15(16(21)22)14(20)9-12(18)10-5-7-11(17)8-6-10/h5-9,20H,3-4H2,1-2H3,(H,21,22). The fourth-order valence-electron chi connectivity index (χ4n) is 1.85. The molecule has 6 heteroatoms. The molecule has 0 spiro atoms. The Morgan fingerprint density at radius 1 is 1.27 bits per heavy atom. The molecule has 0 aliphatic carbocycles. The monoisotopic (exact) mass is 341 g/mol. The molecule has 22 heavy (non-hydrogen) atoms. The molecule has 0 fully saturated rings. The Labute approximate surface area is 139 Å². The van der Waals surface area contributed by atoms with Crippen LogP contribution in [-0.2, 0) is 4.79 Å². The summed E-state index contributed by atoms with van der Waals surface area (Å²) in [6.45, 7) is 1.90. The van der Waals surface area contributed by atoms with Crippen LogP contribution in [0.2, 0.25) is 5.02 Å². The van der Waals surface area contributed by atoms with Crippen LogP contribution in [0, 0.1) is 0 Å². The third-order valence-electron chi connectivity index (χ3n) is 2.90. The normalized spacial score (nSPS) is 13.8. The zero-order chi connectivity index (χ0) is 16.7. The molecule has 0 unspecified atom stereocenters. The molecule has 1 aromatic rings. The van der Waals surface area contributed by atoms with Gasteiger partial charge in [-0.3, -0.25) is 4.99 Å². The number of carboxylic acids is 1. The minimum Gasteiger partial charge on any atom is -0.507 e. The molecule has 0 amide bonds. The molecule has 1 aromatic carbocycles. The lowest BCUT2D eigenvalue weighted by Crippen LogP contribution is -2.15. The van der Waals surface area contributed by atoms with Gasteiger partial charge in [-0.2, -0.15) is 0 Å². The summed E-state index contributed by atoms with van der Waals surface area (Å²) in [5, 5.41) is 20.2. The van der Waals surface area contributed by atoms with Gasteiger partial charge in [0.25, 0.3) is 0 Å². The zero-order valence-corrected chi connectivity index (χ0v) is 13.8. The highest BCUT2D eigenvalue weighted by Gasteiger charge is 2.19. The maximum atomic E-state index is 11.4. The minimum atomic E-state index is -1.25. The van der Waals surface area contributed by atoms with E-state index in [2.05, 4.69) is 4.99 Å². The maximum Gasteiger partial charge on any atom is 0.341 e. The van der Waals surface area contributed by atoms with E-state index in [1.54, 1.807) is 24.3 Å². The van der Waals surface area contributed by atoms with Crippen molar-refractivity contribution < 1.29 is 15.0 Å². The zero-order valence-electron chi connectivity index (χ0n) is 12.3. The fourth-order valence-corrected chi connectivity index (χ4v) is 2.21. The highest BCUT2D eigenvalue weighted by molar-refractivity contribution is 6.49. The molecule has 0 radical (unpaired) electrons. The van der Waals surface area contributed by atoms with Gasteiger partial charge in [-0.15, -0.1) is 0 Å². The number of nitrogens with zero attached hydrogens (tertiary/aromatic N) is 1. The lowest BCUT2D eigenvalue weighted by molar-refractivity contribution is -0.132. The van der Waals surface area contributed by atoms with Gasteiger partial charge in [0.05, 0.1) is 10.7 Å². The van der Waals surface area contributed by atoms with Gasteiger partial charge in [0.1, 0.15) is 11.3 Å². The van der Waals surface area contributed by atoms with Crippen LogP contribution in [0.25, 0.3) is 5.03 Å². The van der Waals surface area contributed by atoms with Crippen molar-refractivity contribution in [1.29, 1.82) is 0 Å². The summed E-state index contributed by atoms with van der Waals surface area (Å²) >= 11 is 11.9. The second-order valence-electron chi connectivity index (χ2n) is 4.48. The molecule has 118 valence electrons. The van der Waals surface area contributed by atoms with Crippen molar-refractivity contribution in [3.05, 3.63) is 52.3 Å². The maximum absolute atomic E-state index is 11.4. The highest BCUT2D eigenvalue weighted by Crippen LogP contribution is 2.23. The Morgan fingerprint density at radius 2 is 1.86 bits per heavy atom. The molecule has 0 saturated carbocycles. The van der Waals surface area contributed by atoms with Crippen LogP contribution in [0.5, 0.6) is 0 Å². The fraction of sp³-hybridized carbons (Fsp3) is 0.250. The second-order valence-corrected chi connectivity index (χ2v) is 5.33. The number of halogens is 2. The number of carbonyl (C=O) groups is 1. The van der Waals surface area contributed by atoms with Gasteiger partial charge < -0.3 is 10.2 Å². The predicted molar refractivity (Wildman–Crippen MR) is 90.8 cm³/mol. The smallest absolute Gasteiger partial charge is 0.341 e. The Balaban J connectivity index is 3.26. The first-order chi connectivity index (χ1) is 10.4. The van der Waals surface area contributed by atoms with E-state index >= 15 is 0 Å². The van der Waals surface area contributed by atoms with Crippen molar-refractivity contribution in [2.75, 3.05) is 7.05 Å². The van der Waals surface area contributed by atoms with E-state index in [1.807, 2.05) is 6.92 Å². The molecule has 0 heterocycles. The first-order valence-electron chi connectivity index (χ1n) is 6.66. The molecule has 4 nitrogen and oxygen atoms in total. The van der Waals surface area contributed by atoms with Gasteiger partial charge in [-0.25, -0.2) is 4.79 Å². The Hall–Kier alpha value is -1.78. The lowest BCUT2D eigenvalue weighted by atomic mass is 10.0. The molecule has 0 aromatic heterocycles. The molecule has 0 bridgehead atoms. The number of aliphatic hydroxyl groups excluding tert-OH is 1. The van der Waals surface area contributed by atoms with E-state index in [-0.39, 0.29) is 10.6 Å². The molecular formula is C16H17Cl2NO3. The summed E-state index contributed by atoms with van der Waals surface area (Å²) in [4.78, 5) is 15.3. The van der Waals surface area contributed by atoms with Crippen molar-refractivity contribution >= 4 is 39.9 Å². The first-order valence-corrected chi connectivity index (χ1v) is 7.42. The molecule has 2 N–H and O–H groups in total. The lowest BCUT2D eigenvalue weighted by Gasteiger charge is -2.07. The van der Waals surface area contributed by atoms with E-state index < -0.39 is 11.7 Å². The van der Waals surface area contributed by atoms with Gasteiger partial charge >= 0.3 is 5.97 Å². The highest BCUT2D eigenvalue weighted by atomic mass is 35.5. The number of benzene rings is 1. The topological polar surface area (TPSA) is 69.9 Å². The predicted octanol–water partition coefficient (Wildman–Crippen LogP) is 4.69. The van der Waals surface area contributed by atoms with Gasteiger partial charge in [0.2, 0.25) is 0 Å². The molecule has 0 aliphatic heterocycles. The third kappa shape index (κ3) is 4.90. The summed E-state index contributed by atoms with van der Waals surface area (Å²) in [5.74, 6) is -1.68. The quantitative estimate of drug-likeness (QED) is 0.341. The Morgan fingerprint density at radius 3 is 2.32 bits per heavy atom. The van der Waals surface area contributed by atoms with Crippen LogP contribution in [0.1, 0.15) is 25.3 Å². The van der Waals surface area contributed by atoms with E-state index in [0.717, 1.165) is 0 Å².